The van der Waals surface area contributed by atoms with Crippen molar-refractivity contribution < 1.29 is 14.7 Å². The number of pyridine rings is 1. The van der Waals surface area contributed by atoms with Crippen molar-refractivity contribution in [2.45, 2.75) is 25.8 Å². The van der Waals surface area contributed by atoms with Crippen molar-refractivity contribution in [1.29, 1.82) is 0 Å². The first-order valence-corrected chi connectivity index (χ1v) is 7.55. The van der Waals surface area contributed by atoms with Crippen molar-refractivity contribution in [3.05, 3.63) is 52.6 Å². The molecule has 7 heteroatoms. The summed E-state index contributed by atoms with van der Waals surface area (Å²) in [4.78, 5) is 27.7. The normalized spacial score (nSPS) is 15.1. The number of allylic oxidation sites excluding steroid dienone is 1. The predicted octanol–water partition coefficient (Wildman–Crippen LogP) is 2.57. The summed E-state index contributed by atoms with van der Waals surface area (Å²) in [5.41, 5.74) is 1.13. The molecule has 1 aliphatic carbocycles. The molecule has 0 amide bonds. The van der Waals surface area contributed by atoms with Gasteiger partial charge >= 0.3 is 0 Å². The highest BCUT2D eigenvalue weighted by Crippen LogP contribution is 2.24. The maximum atomic E-state index is 11.9. The third kappa shape index (κ3) is 3.32. The molecular formula is C16H14ClN3O3. The monoisotopic (exact) mass is 331 g/mol. The fourth-order valence-corrected chi connectivity index (χ4v) is 2.59. The molecule has 0 spiro atoms. The molecule has 2 aromatic rings. The number of rotatable bonds is 3. The van der Waals surface area contributed by atoms with Crippen LogP contribution in [0.15, 0.2) is 36.3 Å². The Kier molecular flexibility index (Phi) is 4.25. The standard InChI is InChI=1S/C16H14ClN3O3/c17-14-5-4-10(6-18-14)8-20-9-11(7-19-20)16(23)15-12(21)2-1-3-13(15)22/h4-7,9,23H,1-3,8H2. The minimum atomic E-state index is -0.312. The van der Waals surface area contributed by atoms with Gasteiger partial charge in [0.1, 0.15) is 16.5 Å². The van der Waals surface area contributed by atoms with Gasteiger partial charge in [-0.05, 0) is 18.1 Å². The SMILES string of the molecule is O=C1CCCC(=O)C1=C(O)c1cnn(Cc2ccc(Cl)nc2)c1. The van der Waals surface area contributed by atoms with Crippen LogP contribution in [0.1, 0.15) is 30.4 Å². The molecule has 6 nitrogen and oxygen atoms in total. The average molecular weight is 332 g/mol. The summed E-state index contributed by atoms with van der Waals surface area (Å²) < 4.78 is 1.59. The third-order valence-corrected chi connectivity index (χ3v) is 3.87. The minimum Gasteiger partial charge on any atom is -0.506 e. The van der Waals surface area contributed by atoms with Gasteiger partial charge in [0.15, 0.2) is 11.6 Å². The number of ketones is 2. The number of aliphatic hydroxyl groups excluding tert-OH is 1. The van der Waals surface area contributed by atoms with Gasteiger partial charge in [0.25, 0.3) is 0 Å². The second-order valence-electron chi connectivity index (χ2n) is 5.34. The zero-order valence-corrected chi connectivity index (χ0v) is 13.0. The van der Waals surface area contributed by atoms with Crippen LogP contribution in [0.2, 0.25) is 5.15 Å². The van der Waals surface area contributed by atoms with Crippen molar-refractivity contribution in [3.8, 4) is 0 Å². The molecule has 1 fully saturated rings. The number of aliphatic hydroxyl groups is 1. The molecule has 1 saturated carbocycles. The van der Waals surface area contributed by atoms with E-state index >= 15 is 0 Å². The topological polar surface area (TPSA) is 85.1 Å². The third-order valence-electron chi connectivity index (χ3n) is 3.64. The van der Waals surface area contributed by atoms with Gasteiger partial charge in [-0.15, -0.1) is 0 Å². The Balaban J connectivity index is 1.85. The van der Waals surface area contributed by atoms with E-state index in [9.17, 15) is 14.7 Å². The molecule has 0 aliphatic heterocycles. The van der Waals surface area contributed by atoms with Gasteiger partial charge in [0.05, 0.1) is 18.3 Å². The zero-order valence-electron chi connectivity index (χ0n) is 12.2. The molecule has 0 unspecified atom stereocenters. The van der Waals surface area contributed by atoms with Crippen LogP contribution in [0.4, 0.5) is 0 Å². The molecule has 2 aromatic heterocycles. The first-order chi connectivity index (χ1) is 11.0. The van der Waals surface area contributed by atoms with Crippen LogP contribution in [0.25, 0.3) is 5.76 Å². The number of Topliss-reactive ketones (excluding diaryl/α,β-unsaturated/α-hetero) is 2. The Labute approximate surface area is 137 Å². The average Bonchev–Trinajstić information content (AvgIpc) is 2.98. The molecule has 118 valence electrons. The summed E-state index contributed by atoms with van der Waals surface area (Å²) in [6.45, 7) is 0.439. The van der Waals surface area contributed by atoms with Crippen molar-refractivity contribution >= 4 is 28.9 Å². The Bertz CT molecular complexity index is 775. The van der Waals surface area contributed by atoms with Gasteiger partial charge < -0.3 is 5.11 Å². The quantitative estimate of drug-likeness (QED) is 0.404. The lowest BCUT2D eigenvalue weighted by molar-refractivity contribution is -0.123. The van der Waals surface area contributed by atoms with E-state index in [0.717, 1.165) is 5.56 Å². The van der Waals surface area contributed by atoms with E-state index < -0.39 is 0 Å². The predicted molar refractivity (Wildman–Crippen MR) is 84.0 cm³/mol. The molecule has 0 saturated heterocycles. The summed E-state index contributed by atoms with van der Waals surface area (Å²) in [5.74, 6) is -0.915. The van der Waals surface area contributed by atoms with Crippen LogP contribution >= 0.6 is 11.6 Å². The summed E-state index contributed by atoms with van der Waals surface area (Å²) in [6.07, 6.45) is 5.77. The second-order valence-corrected chi connectivity index (χ2v) is 5.73. The number of carbonyl (C=O) groups is 2. The molecule has 3 rings (SSSR count). The second kappa shape index (κ2) is 6.34. The number of hydrogen-bond donors (Lipinski definition) is 1. The van der Waals surface area contributed by atoms with Gasteiger partial charge in [-0.3, -0.25) is 14.3 Å². The van der Waals surface area contributed by atoms with E-state index in [1.54, 1.807) is 23.1 Å². The first kappa shape index (κ1) is 15.4. The summed E-state index contributed by atoms with van der Waals surface area (Å²) in [6, 6.07) is 3.50. The van der Waals surface area contributed by atoms with Crippen LogP contribution in [-0.4, -0.2) is 31.4 Å². The number of carbonyl (C=O) groups excluding carboxylic acids is 2. The maximum absolute atomic E-state index is 11.9. The Hall–Kier alpha value is -2.47. The fourth-order valence-electron chi connectivity index (χ4n) is 2.48. The lowest BCUT2D eigenvalue weighted by Gasteiger charge is -2.12. The van der Waals surface area contributed by atoms with Crippen LogP contribution in [-0.2, 0) is 16.1 Å². The maximum Gasteiger partial charge on any atom is 0.170 e. The molecule has 0 atom stereocenters. The lowest BCUT2D eigenvalue weighted by Crippen LogP contribution is -2.20. The minimum absolute atomic E-state index is 0.107. The molecule has 23 heavy (non-hydrogen) atoms. The van der Waals surface area contributed by atoms with Crippen molar-refractivity contribution in [1.82, 2.24) is 14.8 Å². The van der Waals surface area contributed by atoms with Gasteiger partial charge in [-0.2, -0.15) is 5.10 Å². The summed E-state index contributed by atoms with van der Waals surface area (Å²) in [5, 5.41) is 14.8. The van der Waals surface area contributed by atoms with E-state index in [0.29, 0.717) is 23.7 Å². The highest BCUT2D eigenvalue weighted by atomic mass is 35.5. The molecule has 2 heterocycles. The zero-order chi connectivity index (χ0) is 16.4. The van der Waals surface area contributed by atoms with Crippen LogP contribution in [0, 0.1) is 0 Å². The smallest absolute Gasteiger partial charge is 0.170 e. The highest BCUT2D eigenvalue weighted by molar-refractivity contribution is 6.29. The van der Waals surface area contributed by atoms with Crippen molar-refractivity contribution in [2.24, 2.45) is 0 Å². The van der Waals surface area contributed by atoms with Gasteiger partial charge in [-0.1, -0.05) is 17.7 Å². The summed E-state index contributed by atoms with van der Waals surface area (Å²) >= 11 is 5.74. The van der Waals surface area contributed by atoms with Crippen molar-refractivity contribution in [3.63, 3.8) is 0 Å². The van der Waals surface area contributed by atoms with E-state index in [2.05, 4.69) is 10.1 Å². The van der Waals surface area contributed by atoms with Gasteiger partial charge in [-0.25, -0.2) is 4.98 Å². The Morgan fingerprint density at radius 2 is 1.96 bits per heavy atom. The largest absolute Gasteiger partial charge is 0.506 e. The van der Waals surface area contributed by atoms with E-state index in [4.69, 9.17) is 11.6 Å². The number of nitrogens with zero attached hydrogens (tertiary/aromatic N) is 3. The number of aromatic nitrogens is 3. The van der Waals surface area contributed by atoms with E-state index in [1.165, 1.54) is 6.20 Å². The molecule has 0 radical (unpaired) electrons. The van der Waals surface area contributed by atoms with Gasteiger partial charge in [0, 0.05) is 25.2 Å². The molecule has 1 N–H and O–H groups in total. The lowest BCUT2D eigenvalue weighted by atomic mass is 9.90. The molecular weight excluding hydrogens is 318 g/mol. The Morgan fingerprint density at radius 3 is 2.61 bits per heavy atom. The fraction of sp³-hybridized carbons (Fsp3) is 0.250. The van der Waals surface area contributed by atoms with Crippen LogP contribution < -0.4 is 0 Å². The first-order valence-electron chi connectivity index (χ1n) is 7.17. The summed E-state index contributed by atoms with van der Waals surface area (Å²) in [7, 11) is 0. The van der Waals surface area contributed by atoms with Crippen LogP contribution in [0.3, 0.4) is 0 Å². The van der Waals surface area contributed by atoms with E-state index in [-0.39, 0.29) is 35.7 Å². The van der Waals surface area contributed by atoms with E-state index in [1.807, 2.05) is 6.07 Å². The Morgan fingerprint density at radius 1 is 1.22 bits per heavy atom. The van der Waals surface area contributed by atoms with Crippen molar-refractivity contribution in [2.75, 3.05) is 0 Å². The number of halogens is 1. The molecule has 0 bridgehead atoms. The number of hydrogen-bond acceptors (Lipinski definition) is 5. The van der Waals surface area contributed by atoms with Crippen LogP contribution in [0.5, 0.6) is 0 Å². The highest BCUT2D eigenvalue weighted by Gasteiger charge is 2.27. The molecule has 0 aromatic carbocycles. The van der Waals surface area contributed by atoms with Gasteiger partial charge in [0.2, 0.25) is 0 Å². The molecule has 1 aliphatic rings.